The molecule has 1 atom stereocenters. The van der Waals surface area contributed by atoms with E-state index in [1.807, 2.05) is 0 Å². The first-order valence-electron chi connectivity index (χ1n) is 9.30. The van der Waals surface area contributed by atoms with Gasteiger partial charge in [0, 0.05) is 31.6 Å². The standard InChI is InChI=1S/C19H20ClF3N4O3/c1-2-30-19(29)17-18(20)27-4-3-26(9-15(27)25-17)16(28)7-11(24)5-10-6-13(22)14(23)8-12(10)21/h6,8,11H,2-5,7,9,24H2,1H3. The molecule has 162 valence electrons. The van der Waals surface area contributed by atoms with Crippen LogP contribution in [-0.2, 0) is 29.0 Å². The van der Waals surface area contributed by atoms with Gasteiger partial charge >= 0.3 is 5.97 Å². The SMILES string of the molecule is CCOC(=O)c1nc2n(c1Cl)CCN(C(=O)CC(N)Cc1cc(F)c(F)cc1F)C2. The van der Waals surface area contributed by atoms with Gasteiger partial charge in [-0.1, -0.05) is 11.6 Å². The van der Waals surface area contributed by atoms with Crippen LogP contribution in [0.3, 0.4) is 0 Å². The first-order valence-corrected chi connectivity index (χ1v) is 9.67. The van der Waals surface area contributed by atoms with Crippen LogP contribution < -0.4 is 5.73 Å². The van der Waals surface area contributed by atoms with Gasteiger partial charge in [0.1, 0.15) is 16.8 Å². The molecule has 1 aliphatic rings. The number of esters is 1. The normalized spacial score (nSPS) is 14.4. The molecule has 11 heteroatoms. The van der Waals surface area contributed by atoms with Gasteiger partial charge in [-0.3, -0.25) is 4.79 Å². The fourth-order valence-electron chi connectivity index (χ4n) is 3.27. The van der Waals surface area contributed by atoms with Gasteiger partial charge in [0.15, 0.2) is 17.3 Å². The topological polar surface area (TPSA) is 90.5 Å². The molecule has 0 aliphatic carbocycles. The molecule has 7 nitrogen and oxygen atoms in total. The number of amides is 1. The summed E-state index contributed by atoms with van der Waals surface area (Å²) in [6.07, 6.45) is -0.256. The lowest BCUT2D eigenvalue weighted by Crippen LogP contribution is -2.41. The van der Waals surface area contributed by atoms with Crippen LogP contribution in [0.4, 0.5) is 13.2 Å². The number of benzene rings is 1. The van der Waals surface area contributed by atoms with Crippen molar-refractivity contribution in [1.82, 2.24) is 14.5 Å². The zero-order valence-corrected chi connectivity index (χ0v) is 16.9. The minimum atomic E-state index is -1.29. The van der Waals surface area contributed by atoms with Crippen LogP contribution >= 0.6 is 11.6 Å². The Morgan fingerprint density at radius 3 is 2.63 bits per heavy atom. The van der Waals surface area contributed by atoms with Crippen molar-refractivity contribution in [3.05, 3.63) is 51.8 Å². The number of nitrogens with zero attached hydrogens (tertiary/aromatic N) is 3. The van der Waals surface area contributed by atoms with Gasteiger partial charge in [-0.05, 0) is 25.0 Å². The highest BCUT2D eigenvalue weighted by molar-refractivity contribution is 6.32. The molecule has 1 aliphatic heterocycles. The highest BCUT2D eigenvalue weighted by Crippen LogP contribution is 2.24. The first-order chi connectivity index (χ1) is 14.2. The molecule has 1 aromatic carbocycles. The van der Waals surface area contributed by atoms with Crippen LogP contribution in [0.25, 0.3) is 0 Å². The Morgan fingerprint density at radius 2 is 1.93 bits per heavy atom. The number of nitrogens with two attached hydrogens (primary N) is 1. The molecule has 0 bridgehead atoms. The lowest BCUT2D eigenvalue weighted by atomic mass is 10.0. The van der Waals surface area contributed by atoms with Crippen LogP contribution in [0, 0.1) is 17.5 Å². The molecule has 1 unspecified atom stereocenters. The Balaban J connectivity index is 1.64. The molecule has 0 fully saturated rings. The van der Waals surface area contributed by atoms with E-state index in [9.17, 15) is 22.8 Å². The van der Waals surface area contributed by atoms with Crippen LogP contribution in [0.5, 0.6) is 0 Å². The van der Waals surface area contributed by atoms with Crippen molar-refractivity contribution in [2.24, 2.45) is 5.73 Å². The number of rotatable bonds is 6. The van der Waals surface area contributed by atoms with Gasteiger partial charge in [0.2, 0.25) is 5.91 Å². The summed E-state index contributed by atoms with van der Waals surface area (Å²) >= 11 is 6.20. The highest BCUT2D eigenvalue weighted by atomic mass is 35.5. The third kappa shape index (κ3) is 4.59. The maximum absolute atomic E-state index is 13.8. The second kappa shape index (κ2) is 9.05. The Kier molecular flexibility index (Phi) is 6.67. The van der Waals surface area contributed by atoms with E-state index in [2.05, 4.69) is 4.98 Å². The van der Waals surface area contributed by atoms with Crippen molar-refractivity contribution >= 4 is 23.5 Å². The minimum absolute atomic E-state index is 0.00618. The maximum Gasteiger partial charge on any atom is 0.360 e. The maximum atomic E-state index is 13.8. The summed E-state index contributed by atoms with van der Waals surface area (Å²) in [4.78, 5) is 30.2. The minimum Gasteiger partial charge on any atom is -0.461 e. The molecule has 30 heavy (non-hydrogen) atoms. The van der Waals surface area contributed by atoms with Crippen LogP contribution in [0.15, 0.2) is 12.1 Å². The number of aromatic nitrogens is 2. The van der Waals surface area contributed by atoms with Crippen molar-refractivity contribution in [2.75, 3.05) is 13.2 Å². The largest absolute Gasteiger partial charge is 0.461 e. The van der Waals surface area contributed by atoms with Gasteiger partial charge in [-0.25, -0.2) is 22.9 Å². The van der Waals surface area contributed by atoms with Crippen molar-refractivity contribution < 1.29 is 27.5 Å². The molecule has 0 radical (unpaired) electrons. The van der Waals surface area contributed by atoms with Gasteiger partial charge in [-0.15, -0.1) is 0 Å². The Bertz CT molecular complexity index is 982. The third-order valence-corrected chi connectivity index (χ3v) is 5.12. The van der Waals surface area contributed by atoms with E-state index in [0.29, 0.717) is 25.0 Å². The van der Waals surface area contributed by atoms with E-state index in [1.165, 1.54) is 4.90 Å². The molecule has 0 spiro atoms. The monoisotopic (exact) mass is 444 g/mol. The summed E-state index contributed by atoms with van der Waals surface area (Å²) in [5.41, 5.74) is 5.82. The zero-order chi connectivity index (χ0) is 22.0. The molecular weight excluding hydrogens is 425 g/mol. The van der Waals surface area contributed by atoms with Crippen LogP contribution in [0.1, 0.15) is 35.2 Å². The summed E-state index contributed by atoms with van der Waals surface area (Å²) in [7, 11) is 0. The zero-order valence-electron chi connectivity index (χ0n) is 16.1. The van der Waals surface area contributed by atoms with Gasteiger partial charge in [0.05, 0.1) is 13.2 Å². The van der Waals surface area contributed by atoms with Crippen molar-refractivity contribution in [1.29, 1.82) is 0 Å². The quantitative estimate of drug-likeness (QED) is 0.546. The number of carbonyl (C=O) groups is 2. The number of imidazole rings is 1. The fourth-order valence-corrected chi connectivity index (χ4v) is 3.57. The summed E-state index contributed by atoms with van der Waals surface area (Å²) < 4.78 is 46.7. The fraction of sp³-hybridized carbons (Fsp3) is 0.421. The summed E-state index contributed by atoms with van der Waals surface area (Å²) in [6.45, 7) is 2.61. The lowest BCUT2D eigenvalue weighted by molar-refractivity contribution is -0.133. The molecule has 0 saturated carbocycles. The Labute approximate surface area is 175 Å². The smallest absolute Gasteiger partial charge is 0.360 e. The first kappa shape index (κ1) is 22.1. The van der Waals surface area contributed by atoms with E-state index in [0.717, 1.165) is 6.07 Å². The Hall–Kier alpha value is -2.59. The van der Waals surface area contributed by atoms with E-state index in [-0.39, 0.29) is 48.3 Å². The lowest BCUT2D eigenvalue weighted by Gasteiger charge is -2.29. The van der Waals surface area contributed by atoms with Crippen LogP contribution in [-0.4, -0.2) is 45.5 Å². The number of ether oxygens (including phenoxy) is 1. The van der Waals surface area contributed by atoms with E-state index < -0.39 is 29.5 Å². The van der Waals surface area contributed by atoms with Crippen molar-refractivity contribution in [3.63, 3.8) is 0 Å². The molecule has 3 rings (SSSR count). The average Bonchev–Trinajstić information content (AvgIpc) is 3.02. The van der Waals surface area contributed by atoms with E-state index in [1.54, 1.807) is 11.5 Å². The molecule has 2 aromatic rings. The number of halogens is 4. The number of fused-ring (bicyclic) bond motifs is 1. The molecule has 1 amide bonds. The third-order valence-electron chi connectivity index (χ3n) is 4.74. The molecule has 0 saturated heterocycles. The van der Waals surface area contributed by atoms with E-state index in [4.69, 9.17) is 22.1 Å². The molecule has 2 N–H and O–H groups in total. The molecule has 2 heterocycles. The van der Waals surface area contributed by atoms with Crippen molar-refractivity contribution in [3.8, 4) is 0 Å². The number of carbonyl (C=O) groups excluding carboxylic acids is 2. The summed E-state index contributed by atoms with van der Waals surface area (Å²) in [6, 6.07) is 0.400. The van der Waals surface area contributed by atoms with Crippen molar-refractivity contribution in [2.45, 2.75) is 38.9 Å². The summed E-state index contributed by atoms with van der Waals surface area (Å²) in [5, 5.41) is 0.154. The molecule has 1 aromatic heterocycles. The number of hydrogen-bond donors (Lipinski definition) is 1. The average molecular weight is 445 g/mol. The predicted octanol–water partition coefficient (Wildman–Crippen LogP) is 2.43. The number of hydrogen-bond acceptors (Lipinski definition) is 5. The van der Waals surface area contributed by atoms with Gasteiger partial charge in [-0.2, -0.15) is 0 Å². The second-order valence-corrected chi connectivity index (χ2v) is 7.24. The van der Waals surface area contributed by atoms with Gasteiger partial charge in [0.25, 0.3) is 0 Å². The summed E-state index contributed by atoms with van der Waals surface area (Å²) in [5.74, 6) is -3.90. The van der Waals surface area contributed by atoms with Gasteiger partial charge < -0.3 is 19.9 Å². The highest BCUT2D eigenvalue weighted by Gasteiger charge is 2.29. The molecular formula is C19H20ClF3N4O3. The van der Waals surface area contributed by atoms with Crippen LogP contribution in [0.2, 0.25) is 5.15 Å². The second-order valence-electron chi connectivity index (χ2n) is 6.88. The Morgan fingerprint density at radius 1 is 1.23 bits per heavy atom. The van der Waals surface area contributed by atoms with E-state index >= 15 is 0 Å². The predicted molar refractivity (Wildman–Crippen MR) is 101 cm³/mol.